The molecule has 3 N–H and O–H groups in total. The molecule has 4 saturated heterocycles. The van der Waals surface area contributed by atoms with Gasteiger partial charge >= 0.3 is 0 Å². The summed E-state index contributed by atoms with van der Waals surface area (Å²) >= 11 is 0. The van der Waals surface area contributed by atoms with E-state index in [1.165, 1.54) is 25.3 Å². The molecule has 7 aliphatic rings. The molecule has 1 spiro atoms. The van der Waals surface area contributed by atoms with Gasteiger partial charge in [0.05, 0.1) is 40.5 Å². The van der Waals surface area contributed by atoms with Gasteiger partial charge in [-0.15, -0.1) is 0 Å². The van der Waals surface area contributed by atoms with Crippen LogP contribution in [0.5, 0.6) is 0 Å². The van der Waals surface area contributed by atoms with Crippen molar-refractivity contribution in [3.8, 4) is 11.3 Å². The third kappa shape index (κ3) is 9.22. The fraction of sp³-hybridized carbons (Fsp3) is 0.517. The van der Waals surface area contributed by atoms with E-state index in [0.29, 0.717) is 81.5 Å². The van der Waals surface area contributed by atoms with Crippen LogP contribution in [-0.2, 0) is 29.4 Å². The standard InChI is InChI=1S/C58H68FN11O5/c1-35(2)69-34-61-48-31-47(64-53(52(48)69)63-46-9-5-4-8-45(46)59)37-12-17-44-49(28-37)70(42-29-41(30-42)66-23-6-3-7-24-66)57(75)58(44)21-26-67(27-22-58)56(74)39-20-25-68(33-39)55(73)36-10-14-40(15-11-36)62-50-18-13-38(32-60-50)43-16-19-51(71)65-54(43)72/h4-5,8-9,12-13,17-18,28,31-32,34-36,39-43H,3,6-7,10-11,14-16,19-27,29-30,33H2,1-2H3,(H,60,62)(H,63,64)(H,65,71,72)/t36?,39-,40?,41?,42?,43?/m1/s1. The van der Waals surface area contributed by atoms with Gasteiger partial charge in [-0.25, -0.2) is 19.3 Å². The van der Waals surface area contributed by atoms with Gasteiger partial charge in [-0.3, -0.25) is 29.3 Å². The Bertz CT molecular complexity index is 3020. The predicted molar refractivity (Wildman–Crippen MR) is 284 cm³/mol. The molecule has 392 valence electrons. The molecule has 6 fully saturated rings. The van der Waals surface area contributed by atoms with Crippen LogP contribution >= 0.6 is 0 Å². The normalized spacial score (nSPS) is 25.9. The molecular formula is C58H68FN11O5. The van der Waals surface area contributed by atoms with Crippen LogP contribution in [0, 0.1) is 17.7 Å². The third-order valence-electron chi connectivity index (χ3n) is 17.9. The van der Waals surface area contributed by atoms with Crippen molar-refractivity contribution in [1.29, 1.82) is 0 Å². The van der Waals surface area contributed by atoms with Gasteiger partial charge in [0.25, 0.3) is 0 Å². The SMILES string of the molecule is CC(C)n1cnc2cc(-c3ccc4c(c3)N(C3CC(N5CCCCC5)C3)C(=O)C43CCN(C(=O)[C@@H]4CCN(C(=O)C5CCC(Nc6ccc(C7CCC(=O)NC7=O)cn6)CC5)C4)CC3)nc(Nc3ccccc3F)c21. The van der Waals surface area contributed by atoms with Crippen molar-refractivity contribution < 1.29 is 28.4 Å². The summed E-state index contributed by atoms with van der Waals surface area (Å²) in [5, 5.41) is 9.21. The topological polar surface area (TPSA) is 178 Å². The molecular weight excluding hydrogens is 950 g/mol. The van der Waals surface area contributed by atoms with Crippen LogP contribution in [0.2, 0.25) is 0 Å². The zero-order chi connectivity index (χ0) is 51.5. The maximum absolute atomic E-state index is 15.3. The van der Waals surface area contributed by atoms with Gasteiger partial charge in [0, 0.05) is 80.1 Å². The van der Waals surface area contributed by atoms with Gasteiger partial charge < -0.3 is 34.8 Å². The van der Waals surface area contributed by atoms with Gasteiger partial charge in [-0.2, -0.15) is 0 Å². The van der Waals surface area contributed by atoms with Crippen molar-refractivity contribution in [3.63, 3.8) is 0 Å². The van der Waals surface area contributed by atoms with E-state index in [4.69, 9.17) is 9.97 Å². The van der Waals surface area contributed by atoms with E-state index >= 15 is 9.18 Å². The number of benzene rings is 2. The van der Waals surface area contributed by atoms with Crippen LogP contribution < -0.4 is 20.9 Å². The van der Waals surface area contributed by atoms with Crippen molar-refractivity contribution in [2.75, 3.05) is 54.8 Å². The van der Waals surface area contributed by atoms with Crippen molar-refractivity contribution in [2.24, 2.45) is 11.8 Å². The van der Waals surface area contributed by atoms with Gasteiger partial charge in [0.1, 0.15) is 17.2 Å². The molecule has 5 amide bonds. The van der Waals surface area contributed by atoms with Crippen LogP contribution in [0.15, 0.2) is 73.2 Å². The fourth-order valence-electron chi connectivity index (χ4n) is 13.5. The van der Waals surface area contributed by atoms with Gasteiger partial charge in [-0.05, 0) is 145 Å². The number of rotatable bonds is 11. The molecule has 2 aromatic carbocycles. The van der Waals surface area contributed by atoms with Crippen molar-refractivity contribution in [3.05, 3.63) is 90.1 Å². The summed E-state index contributed by atoms with van der Waals surface area (Å²) in [6.07, 6.45) is 14.7. The van der Waals surface area contributed by atoms with Crippen molar-refractivity contribution in [1.82, 2.24) is 39.5 Å². The first-order valence-corrected chi connectivity index (χ1v) is 27.7. The highest BCUT2D eigenvalue weighted by atomic mass is 19.1. The number of imide groups is 1. The number of aromatic nitrogens is 4. The number of hydrogen-bond acceptors (Lipinski definition) is 11. The number of amides is 5. The largest absolute Gasteiger partial charge is 0.367 e. The minimum absolute atomic E-state index is 0.0733. The monoisotopic (exact) mass is 1020 g/mol. The van der Waals surface area contributed by atoms with E-state index in [2.05, 4.69) is 62.8 Å². The molecule has 5 aliphatic heterocycles. The Kier molecular flexibility index (Phi) is 13.2. The molecule has 0 radical (unpaired) electrons. The Morgan fingerprint density at radius 1 is 0.800 bits per heavy atom. The van der Waals surface area contributed by atoms with E-state index in [1.54, 1.807) is 30.7 Å². The summed E-state index contributed by atoms with van der Waals surface area (Å²) in [6.45, 7) is 8.32. The third-order valence-corrected chi connectivity index (χ3v) is 17.9. The number of likely N-dealkylation sites (tertiary alicyclic amines) is 3. The molecule has 2 aliphatic carbocycles. The zero-order valence-electron chi connectivity index (χ0n) is 43.1. The van der Waals surface area contributed by atoms with E-state index in [0.717, 1.165) is 90.8 Å². The van der Waals surface area contributed by atoms with Gasteiger partial charge in [0.2, 0.25) is 29.5 Å². The summed E-state index contributed by atoms with van der Waals surface area (Å²) in [6, 6.07) is 19.4. The molecule has 2 atom stereocenters. The van der Waals surface area contributed by atoms with E-state index in [9.17, 15) is 19.2 Å². The first-order chi connectivity index (χ1) is 36.4. The number of imidazole rings is 1. The van der Waals surface area contributed by atoms with Crippen LogP contribution in [0.25, 0.3) is 22.3 Å². The Balaban J connectivity index is 0.715. The van der Waals surface area contributed by atoms with Gasteiger partial charge in [0.15, 0.2) is 5.82 Å². The molecule has 0 bridgehead atoms. The number of anilines is 4. The minimum Gasteiger partial charge on any atom is -0.367 e. The molecule has 17 heteroatoms. The smallest absolute Gasteiger partial charge is 0.238 e. The second-order valence-electron chi connectivity index (χ2n) is 22.7. The highest BCUT2D eigenvalue weighted by Gasteiger charge is 2.56. The van der Waals surface area contributed by atoms with Crippen molar-refractivity contribution >= 4 is 63.6 Å². The van der Waals surface area contributed by atoms with Crippen LogP contribution in [0.1, 0.15) is 127 Å². The zero-order valence-corrected chi connectivity index (χ0v) is 43.1. The first kappa shape index (κ1) is 49.1. The van der Waals surface area contributed by atoms with E-state index < -0.39 is 5.41 Å². The number of pyridine rings is 2. The Morgan fingerprint density at radius 2 is 1.57 bits per heavy atom. The maximum atomic E-state index is 15.3. The summed E-state index contributed by atoms with van der Waals surface area (Å²) < 4.78 is 17.2. The van der Waals surface area contributed by atoms with E-state index in [-0.39, 0.29) is 71.2 Å². The average molecular weight is 1020 g/mol. The van der Waals surface area contributed by atoms with Crippen molar-refractivity contribution in [2.45, 2.75) is 139 Å². The highest BCUT2D eigenvalue weighted by Crippen LogP contribution is 2.52. The lowest BCUT2D eigenvalue weighted by atomic mass is 9.73. The number of carbonyl (C=O) groups is 5. The number of nitrogens with zero attached hydrogens (tertiary/aromatic N) is 8. The second kappa shape index (κ2) is 20.1. The number of halogens is 1. The number of carbonyl (C=O) groups excluding carboxylic acids is 5. The summed E-state index contributed by atoms with van der Waals surface area (Å²) in [4.78, 5) is 90.6. The van der Waals surface area contributed by atoms with Gasteiger partial charge in [-0.1, -0.05) is 36.8 Å². The number of fused-ring (bicyclic) bond motifs is 3. The quantitative estimate of drug-likeness (QED) is 0.109. The first-order valence-electron chi connectivity index (χ1n) is 27.7. The fourth-order valence-corrected chi connectivity index (χ4v) is 13.5. The Hall–Kier alpha value is -6.75. The number of para-hydroxylation sites is 1. The highest BCUT2D eigenvalue weighted by molar-refractivity contribution is 6.09. The lowest BCUT2D eigenvalue weighted by Crippen LogP contribution is -2.58. The molecule has 2 saturated carbocycles. The molecule has 1 unspecified atom stereocenters. The molecule has 16 nitrogen and oxygen atoms in total. The Morgan fingerprint density at radius 3 is 2.31 bits per heavy atom. The average Bonchev–Trinajstić information content (AvgIpc) is 4.16. The number of nitrogens with one attached hydrogen (secondary N) is 3. The van der Waals surface area contributed by atoms with E-state index in [1.807, 2.05) is 32.6 Å². The molecule has 75 heavy (non-hydrogen) atoms. The van der Waals surface area contributed by atoms with Crippen LogP contribution in [-0.4, -0.2) is 121 Å². The lowest BCUT2D eigenvalue weighted by molar-refractivity contribution is -0.140. The second-order valence-corrected chi connectivity index (χ2v) is 22.7. The van der Waals surface area contributed by atoms with Crippen LogP contribution in [0.3, 0.4) is 0 Å². The minimum atomic E-state index is -0.757. The Labute approximate surface area is 437 Å². The summed E-state index contributed by atoms with van der Waals surface area (Å²) in [5.74, 6) is -0.0530. The summed E-state index contributed by atoms with van der Waals surface area (Å²) in [7, 11) is 0. The molecule has 12 rings (SSSR count). The molecule has 3 aromatic heterocycles. The maximum Gasteiger partial charge on any atom is 0.238 e. The molecule has 5 aromatic rings. The predicted octanol–water partition coefficient (Wildman–Crippen LogP) is 8.22. The number of piperidine rings is 3. The summed E-state index contributed by atoms with van der Waals surface area (Å²) in [5.41, 5.74) is 5.33. The lowest BCUT2D eigenvalue weighted by Gasteiger charge is -2.48. The molecule has 8 heterocycles. The number of hydrogen-bond donors (Lipinski definition) is 3. The van der Waals surface area contributed by atoms with Crippen LogP contribution in [0.4, 0.5) is 27.4 Å².